The minimum Gasteiger partial charge on any atom is -0.397 e. The molecular weight excluding hydrogens is 376 g/mol. The molecule has 1 unspecified atom stereocenters. The number of aromatic amines is 1. The number of fused-ring (bicyclic) bond motifs is 1. The minimum atomic E-state index is -0.203. The van der Waals surface area contributed by atoms with Crippen LogP contribution in [0.1, 0.15) is 51.4 Å². The van der Waals surface area contributed by atoms with Crippen molar-refractivity contribution in [1.82, 2.24) is 10.3 Å². The Morgan fingerprint density at radius 2 is 1.87 bits per heavy atom. The predicted molar refractivity (Wildman–Crippen MR) is 120 cm³/mol. The first-order chi connectivity index (χ1) is 14.3. The van der Waals surface area contributed by atoms with Crippen LogP contribution < -0.4 is 16.4 Å². The van der Waals surface area contributed by atoms with Crippen LogP contribution in [0.2, 0.25) is 0 Å². The summed E-state index contributed by atoms with van der Waals surface area (Å²) >= 11 is 0. The summed E-state index contributed by atoms with van der Waals surface area (Å²) in [7, 11) is 0. The van der Waals surface area contributed by atoms with E-state index in [0.717, 1.165) is 22.5 Å². The molecule has 2 heterocycles. The standard InChI is InChI=1S/C24H24N4O2/c1-13-21(26-15(3)22(13)25)12-19-18-11-17(9-10-20(18)28-24(19)30)23(29)27-14(2)16-7-5-4-6-8-16/h4-12,14,26H,25H2,1-3H3,(H,27,29)(H,28,30). The summed E-state index contributed by atoms with van der Waals surface area (Å²) in [5.41, 5.74) is 12.7. The summed E-state index contributed by atoms with van der Waals surface area (Å²) in [5, 5.41) is 5.87. The molecule has 5 N–H and O–H groups in total. The Morgan fingerprint density at radius 3 is 2.53 bits per heavy atom. The summed E-state index contributed by atoms with van der Waals surface area (Å²) < 4.78 is 0. The van der Waals surface area contributed by atoms with E-state index >= 15 is 0 Å². The number of H-pyrrole nitrogens is 1. The van der Waals surface area contributed by atoms with Gasteiger partial charge in [0, 0.05) is 28.2 Å². The molecule has 0 fully saturated rings. The average Bonchev–Trinajstić information content (AvgIpc) is 3.18. The molecule has 152 valence electrons. The first kappa shape index (κ1) is 19.5. The minimum absolute atomic E-state index is 0.130. The van der Waals surface area contributed by atoms with Crippen molar-refractivity contribution in [2.24, 2.45) is 0 Å². The van der Waals surface area contributed by atoms with Crippen LogP contribution in [0, 0.1) is 13.8 Å². The Morgan fingerprint density at radius 1 is 1.13 bits per heavy atom. The van der Waals surface area contributed by atoms with E-state index in [1.165, 1.54) is 0 Å². The number of rotatable bonds is 4. The van der Waals surface area contributed by atoms with Crippen molar-refractivity contribution in [3.63, 3.8) is 0 Å². The van der Waals surface area contributed by atoms with Gasteiger partial charge in [0.25, 0.3) is 11.8 Å². The number of anilines is 2. The molecule has 30 heavy (non-hydrogen) atoms. The van der Waals surface area contributed by atoms with Crippen LogP contribution in [-0.4, -0.2) is 16.8 Å². The quantitative estimate of drug-likeness (QED) is 0.494. The van der Waals surface area contributed by atoms with E-state index in [4.69, 9.17) is 5.73 Å². The second-order valence-corrected chi connectivity index (χ2v) is 7.58. The fourth-order valence-corrected chi connectivity index (χ4v) is 3.66. The SMILES string of the molecule is Cc1[nH]c(C=C2C(=O)Nc3ccc(C(=O)NC(C)c4ccccc4)cc32)c(C)c1N. The zero-order valence-corrected chi connectivity index (χ0v) is 17.2. The molecular formula is C24H24N4O2. The molecule has 1 aliphatic heterocycles. The topological polar surface area (TPSA) is 100 Å². The Labute approximate surface area is 175 Å². The lowest BCUT2D eigenvalue weighted by atomic mass is 10.0. The number of aromatic nitrogens is 1. The molecule has 1 aliphatic rings. The molecule has 1 aromatic heterocycles. The number of aryl methyl sites for hydroxylation is 1. The third-order valence-electron chi connectivity index (χ3n) is 5.53. The highest BCUT2D eigenvalue weighted by atomic mass is 16.2. The number of carbonyl (C=O) groups is 2. The van der Waals surface area contributed by atoms with E-state index in [-0.39, 0.29) is 17.9 Å². The van der Waals surface area contributed by atoms with Crippen molar-refractivity contribution in [1.29, 1.82) is 0 Å². The van der Waals surface area contributed by atoms with Gasteiger partial charge in [-0.1, -0.05) is 30.3 Å². The van der Waals surface area contributed by atoms with E-state index in [1.54, 1.807) is 24.3 Å². The van der Waals surface area contributed by atoms with Crippen LogP contribution in [-0.2, 0) is 4.79 Å². The lowest BCUT2D eigenvalue weighted by Crippen LogP contribution is -2.26. The summed E-state index contributed by atoms with van der Waals surface area (Å²) in [5.74, 6) is -0.394. The Kier molecular flexibility index (Phi) is 4.91. The Bertz CT molecular complexity index is 1180. The third-order valence-corrected chi connectivity index (χ3v) is 5.53. The monoisotopic (exact) mass is 400 g/mol. The van der Waals surface area contributed by atoms with Crippen LogP contribution in [0.25, 0.3) is 11.6 Å². The fourth-order valence-electron chi connectivity index (χ4n) is 3.66. The van der Waals surface area contributed by atoms with E-state index < -0.39 is 0 Å². The highest BCUT2D eigenvalue weighted by Crippen LogP contribution is 2.35. The number of nitrogens with two attached hydrogens (primary N) is 1. The molecule has 0 spiro atoms. The first-order valence-corrected chi connectivity index (χ1v) is 9.83. The van der Waals surface area contributed by atoms with Gasteiger partial charge in [-0.15, -0.1) is 0 Å². The molecule has 0 bridgehead atoms. The molecule has 1 atom stereocenters. The maximum Gasteiger partial charge on any atom is 0.256 e. The summed E-state index contributed by atoms with van der Waals surface area (Å²) in [6.07, 6.45) is 1.79. The summed E-state index contributed by atoms with van der Waals surface area (Å²) in [6, 6.07) is 14.9. The smallest absolute Gasteiger partial charge is 0.256 e. The maximum atomic E-state index is 12.8. The van der Waals surface area contributed by atoms with Crippen molar-refractivity contribution >= 4 is 34.8 Å². The first-order valence-electron chi connectivity index (χ1n) is 9.83. The van der Waals surface area contributed by atoms with Crippen LogP contribution in [0.4, 0.5) is 11.4 Å². The number of amides is 2. The van der Waals surface area contributed by atoms with Gasteiger partial charge in [0.1, 0.15) is 0 Å². The van der Waals surface area contributed by atoms with Gasteiger partial charge < -0.3 is 21.4 Å². The molecule has 6 nitrogen and oxygen atoms in total. The van der Waals surface area contributed by atoms with E-state index in [1.807, 2.05) is 51.1 Å². The van der Waals surface area contributed by atoms with E-state index in [2.05, 4.69) is 15.6 Å². The zero-order chi connectivity index (χ0) is 21.4. The number of benzene rings is 2. The van der Waals surface area contributed by atoms with Gasteiger partial charge >= 0.3 is 0 Å². The normalized spacial score (nSPS) is 15.0. The molecule has 0 radical (unpaired) electrons. The van der Waals surface area contributed by atoms with E-state index in [0.29, 0.717) is 28.1 Å². The Balaban J connectivity index is 1.64. The summed E-state index contributed by atoms with van der Waals surface area (Å²) in [6.45, 7) is 5.74. The van der Waals surface area contributed by atoms with Gasteiger partial charge in [-0.2, -0.15) is 0 Å². The van der Waals surface area contributed by atoms with Crippen molar-refractivity contribution < 1.29 is 9.59 Å². The molecule has 0 aliphatic carbocycles. The highest BCUT2D eigenvalue weighted by Gasteiger charge is 2.26. The zero-order valence-electron chi connectivity index (χ0n) is 17.2. The molecule has 3 aromatic rings. The van der Waals surface area contributed by atoms with Crippen LogP contribution in [0.15, 0.2) is 48.5 Å². The van der Waals surface area contributed by atoms with Crippen molar-refractivity contribution in [2.45, 2.75) is 26.8 Å². The molecule has 2 amide bonds. The number of hydrogen-bond acceptors (Lipinski definition) is 3. The lowest BCUT2D eigenvalue weighted by molar-refractivity contribution is -0.110. The second-order valence-electron chi connectivity index (χ2n) is 7.58. The van der Waals surface area contributed by atoms with Gasteiger partial charge in [-0.05, 0) is 56.2 Å². The molecule has 0 saturated carbocycles. The van der Waals surface area contributed by atoms with Crippen LogP contribution in [0.3, 0.4) is 0 Å². The van der Waals surface area contributed by atoms with Gasteiger partial charge in [-0.25, -0.2) is 0 Å². The van der Waals surface area contributed by atoms with Gasteiger partial charge in [0.2, 0.25) is 0 Å². The third kappa shape index (κ3) is 3.48. The number of nitrogens with one attached hydrogen (secondary N) is 3. The molecule has 6 heteroatoms. The average molecular weight is 400 g/mol. The number of hydrogen-bond donors (Lipinski definition) is 4. The van der Waals surface area contributed by atoms with Crippen molar-refractivity contribution in [2.75, 3.05) is 11.1 Å². The Hall–Kier alpha value is -3.80. The van der Waals surface area contributed by atoms with Crippen molar-refractivity contribution in [3.8, 4) is 0 Å². The highest BCUT2D eigenvalue weighted by molar-refractivity contribution is 6.35. The number of nitrogen functional groups attached to an aromatic ring is 1. The fraction of sp³-hybridized carbons (Fsp3) is 0.167. The summed E-state index contributed by atoms with van der Waals surface area (Å²) in [4.78, 5) is 28.6. The van der Waals surface area contributed by atoms with Gasteiger partial charge in [0.15, 0.2) is 0 Å². The molecule has 4 rings (SSSR count). The molecule has 2 aromatic carbocycles. The second kappa shape index (κ2) is 7.55. The van der Waals surface area contributed by atoms with Gasteiger partial charge in [-0.3, -0.25) is 9.59 Å². The van der Waals surface area contributed by atoms with E-state index in [9.17, 15) is 9.59 Å². The lowest BCUT2D eigenvalue weighted by Gasteiger charge is -2.14. The predicted octanol–water partition coefficient (Wildman–Crippen LogP) is 4.20. The molecule has 0 saturated heterocycles. The van der Waals surface area contributed by atoms with Crippen LogP contribution >= 0.6 is 0 Å². The van der Waals surface area contributed by atoms with Crippen molar-refractivity contribution in [3.05, 3.63) is 82.2 Å². The van der Waals surface area contributed by atoms with Crippen LogP contribution in [0.5, 0.6) is 0 Å². The number of carbonyl (C=O) groups excluding carboxylic acids is 2. The largest absolute Gasteiger partial charge is 0.397 e. The maximum absolute atomic E-state index is 12.8. The van der Waals surface area contributed by atoms with Gasteiger partial charge in [0.05, 0.1) is 17.3 Å².